The quantitative estimate of drug-likeness (QED) is 0.776. The zero-order chi connectivity index (χ0) is 15.9. The van der Waals surface area contributed by atoms with Crippen LogP contribution in [-0.4, -0.2) is 25.5 Å². The van der Waals surface area contributed by atoms with Crippen LogP contribution in [0.2, 0.25) is 0 Å². The van der Waals surface area contributed by atoms with Crippen LogP contribution in [-0.2, 0) is 11.3 Å². The van der Waals surface area contributed by atoms with E-state index in [9.17, 15) is 14.0 Å². The summed E-state index contributed by atoms with van der Waals surface area (Å²) in [6, 6.07) is 7.03. The molecule has 116 valence electrons. The normalized spacial score (nSPS) is 11.7. The van der Waals surface area contributed by atoms with Gasteiger partial charge in [-0.15, -0.1) is 0 Å². The second-order valence-corrected chi connectivity index (χ2v) is 5.70. The molecule has 0 saturated heterocycles. The molecule has 1 unspecified atom stereocenters. The van der Waals surface area contributed by atoms with Crippen molar-refractivity contribution < 1.29 is 18.9 Å². The van der Waals surface area contributed by atoms with E-state index in [0.717, 1.165) is 10.5 Å². The molecule has 1 heterocycles. The van der Waals surface area contributed by atoms with Gasteiger partial charge in [-0.2, -0.15) is 11.3 Å². The molecule has 0 aliphatic carbocycles. The molecule has 22 heavy (non-hydrogen) atoms. The molecule has 0 spiro atoms. The first-order valence-corrected chi connectivity index (χ1v) is 7.66. The van der Waals surface area contributed by atoms with Crippen molar-refractivity contribution in [3.05, 3.63) is 52.5 Å². The summed E-state index contributed by atoms with van der Waals surface area (Å²) in [7, 11) is 1.87. The largest absolute Gasteiger partial charge is 0.326 e. The molecule has 0 aliphatic heterocycles. The first-order valence-electron chi connectivity index (χ1n) is 6.72. The van der Waals surface area contributed by atoms with Gasteiger partial charge in [-0.1, -0.05) is 12.1 Å². The Morgan fingerprint density at radius 1 is 1.27 bits per heavy atom. The summed E-state index contributed by atoms with van der Waals surface area (Å²) in [5.74, 6) is -0.966. The molecule has 3 amide bonds. The number of halogens is 1. The number of urea groups is 1. The lowest BCUT2D eigenvalue weighted by Gasteiger charge is -2.13. The van der Waals surface area contributed by atoms with Gasteiger partial charge in [0.1, 0.15) is 12.4 Å². The molecule has 0 fully saturated rings. The summed E-state index contributed by atoms with van der Waals surface area (Å²) < 4.78 is 13.4. The molecule has 3 N–H and O–H groups in total. The third-order valence-corrected chi connectivity index (χ3v) is 3.66. The molecule has 0 radical (unpaired) electrons. The third-order valence-electron chi connectivity index (χ3n) is 2.92. The lowest BCUT2D eigenvalue weighted by atomic mass is 10.3. The number of carbonyl (C=O) groups is 2. The van der Waals surface area contributed by atoms with Crippen LogP contribution >= 0.6 is 11.3 Å². The van der Waals surface area contributed by atoms with E-state index in [1.807, 2.05) is 23.9 Å². The number of carbonyl (C=O) groups excluding carboxylic acids is 2. The zero-order valence-electron chi connectivity index (χ0n) is 12.1. The number of benzene rings is 1. The minimum atomic E-state index is -0.738. The zero-order valence-corrected chi connectivity index (χ0v) is 12.9. The molecule has 2 aromatic rings. The van der Waals surface area contributed by atoms with E-state index < -0.39 is 17.8 Å². The van der Waals surface area contributed by atoms with Gasteiger partial charge in [0.25, 0.3) is 5.91 Å². The molecule has 0 saturated carbocycles. The second-order valence-electron chi connectivity index (χ2n) is 4.92. The Bertz CT molecular complexity index is 646. The number of hydrogen-bond donors (Lipinski definition) is 3. The smallest absolute Gasteiger partial charge is 0.326 e. The first kappa shape index (κ1) is 16.1. The summed E-state index contributed by atoms with van der Waals surface area (Å²) in [5, 5.41) is 8.50. The lowest BCUT2D eigenvalue weighted by molar-refractivity contribution is -0.885. The fourth-order valence-electron chi connectivity index (χ4n) is 1.97. The van der Waals surface area contributed by atoms with Crippen molar-refractivity contribution in [2.24, 2.45) is 0 Å². The topological polar surface area (TPSA) is 62.6 Å². The average Bonchev–Trinajstić information content (AvgIpc) is 2.93. The molecule has 1 aromatic heterocycles. The standard InChI is InChI=1S/C15H16FN3O2S/c1-19(8-11-6-7-22-10-11)9-14(20)18-15(21)17-13-5-3-2-4-12(13)16/h2-7,10H,8-9H2,1H3,(H2,17,18,20,21)/p+1. The van der Waals surface area contributed by atoms with Crippen molar-refractivity contribution in [3.63, 3.8) is 0 Å². The van der Waals surface area contributed by atoms with Gasteiger partial charge in [0.2, 0.25) is 0 Å². The van der Waals surface area contributed by atoms with Gasteiger partial charge < -0.3 is 10.2 Å². The van der Waals surface area contributed by atoms with Crippen molar-refractivity contribution in [3.8, 4) is 0 Å². The minimum Gasteiger partial charge on any atom is -0.326 e. The van der Waals surface area contributed by atoms with Crippen molar-refractivity contribution in [1.82, 2.24) is 5.32 Å². The van der Waals surface area contributed by atoms with Crippen molar-refractivity contribution in [2.75, 3.05) is 18.9 Å². The van der Waals surface area contributed by atoms with Crippen LogP contribution in [0.25, 0.3) is 0 Å². The van der Waals surface area contributed by atoms with Crippen molar-refractivity contribution in [1.29, 1.82) is 0 Å². The Labute approximate surface area is 131 Å². The molecule has 1 atom stereocenters. The van der Waals surface area contributed by atoms with E-state index in [4.69, 9.17) is 0 Å². The molecular weight excluding hydrogens is 305 g/mol. The molecule has 2 rings (SSSR count). The summed E-state index contributed by atoms with van der Waals surface area (Å²) >= 11 is 1.60. The SMILES string of the molecule is C[NH+](CC(=O)NC(=O)Nc1ccccc1F)Cc1ccsc1. The van der Waals surface area contributed by atoms with Gasteiger partial charge in [0, 0.05) is 5.56 Å². The molecule has 5 nitrogen and oxygen atoms in total. The van der Waals surface area contributed by atoms with Gasteiger partial charge in [-0.3, -0.25) is 10.1 Å². The number of rotatable bonds is 5. The molecular formula is C15H17FN3O2S+. The van der Waals surface area contributed by atoms with E-state index in [1.54, 1.807) is 17.4 Å². The number of nitrogens with one attached hydrogen (secondary N) is 3. The molecule has 0 bridgehead atoms. The molecule has 1 aromatic carbocycles. The summed E-state index contributed by atoms with van der Waals surface area (Å²) in [5.41, 5.74) is 1.18. The Hall–Kier alpha value is -2.25. The average molecular weight is 322 g/mol. The van der Waals surface area contributed by atoms with E-state index in [1.165, 1.54) is 18.2 Å². The van der Waals surface area contributed by atoms with Crippen molar-refractivity contribution in [2.45, 2.75) is 6.54 Å². The number of para-hydroxylation sites is 1. The highest BCUT2D eigenvalue weighted by molar-refractivity contribution is 7.07. The number of hydrogen-bond acceptors (Lipinski definition) is 3. The maximum atomic E-state index is 13.4. The number of imide groups is 1. The predicted molar refractivity (Wildman–Crippen MR) is 83.3 cm³/mol. The fraction of sp³-hybridized carbons (Fsp3) is 0.200. The van der Waals surface area contributed by atoms with Gasteiger partial charge in [-0.25, -0.2) is 9.18 Å². The Morgan fingerprint density at radius 2 is 2.05 bits per heavy atom. The maximum absolute atomic E-state index is 13.4. The fourth-order valence-corrected chi connectivity index (χ4v) is 2.63. The van der Waals surface area contributed by atoms with Gasteiger partial charge in [0.15, 0.2) is 6.54 Å². The highest BCUT2D eigenvalue weighted by Crippen LogP contribution is 2.11. The number of thiophene rings is 1. The Kier molecular flexibility index (Phi) is 5.62. The van der Waals surface area contributed by atoms with Gasteiger partial charge in [0.05, 0.1) is 12.7 Å². The Balaban J connectivity index is 1.79. The van der Waals surface area contributed by atoms with Crippen LogP contribution in [0, 0.1) is 5.82 Å². The van der Waals surface area contributed by atoms with Crippen LogP contribution in [0.1, 0.15) is 5.56 Å². The number of likely N-dealkylation sites (N-methyl/N-ethyl adjacent to an activating group) is 1. The monoisotopic (exact) mass is 322 g/mol. The third kappa shape index (κ3) is 4.94. The molecule has 0 aliphatic rings. The number of quaternary nitrogens is 1. The number of anilines is 1. The highest BCUT2D eigenvalue weighted by Gasteiger charge is 2.14. The van der Waals surface area contributed by atoms with Crippen LogP contribution in [0.4, 0.5) is 14.9 Å². The van der Waals surface area contributed by atoms with Crippen LogP contribution < -0.4 is 15.5 Å². The Morgan fingerprint density at radius 3 is 2.73 bits per heavy atom. The van der Waals surface area contributed by atoms with Crippen LogP contribution in [0.15, 0.2) is 41.1 Å². The second kappa shape index (κ2) is 7.67. The first-order chi connectivity index (χ1) is 10.5. The van der Waals surface area contributed by atoms with E-state index in [0.29, 0.717) is 6.54 Å². The van der Waals surface area contributed by atoms with E-state index in [-0.39, 0.29) is 12.2 Å². The maximum Gasteiger partial charge on any atom is 0.326 e. The summed E-state index contributed by atoms with van der Waals surface area (Å²) in [6.07, 6.45) is 0. The van der Waals surface area contributed by atoms with E-state index >= 15 is 0 Å². The molecule has 7 heteroatoms. The van der Waals surface area contributed by atoms with Crippen LogP contribution in [0.5, 0.6) is 0 Å². The summed E-state index contributed by atoms with van der Waals surface area (Å²) in [4.78, 5) is 24.4. The van der Waals surface area contributed by atoms with Gasteiger partial charge >= 0.3 is 6.03 Å². The number of amides is 3. The van der Waals surface area contributed by atoms with Crippen molar-refractivity contribution >= 4 is 29.0 Å². The van der Waals surface area contributed by atoms with E-state index in [2.05, 4.69) is 10.6 Å². The highest BCUT2D eigenvalue weighted by atomic mass is 32.1. The van der Waals surface area contributed by atoms with Gasteiger partial charge in [-0.05, 0) is 29.0 Å². The van der Waals surface area contributed by atoms with Crippen LogP contribution in [0.3, 0.4) is 0 Å². The summed E-state index contributed by atoms with van der Waals surface area (Å²) in [6.45, 7) is 0.854. The lowest BCUT2D eigenvalue weighted by Crippen LogP contribution is -3.08. The minimum absolute atomic E-state index is 0.0341. The predicted octanol–water partition coefficient (Wildman–Crippen LogP) is 1.25.